The first kappa shape index (κ1) is 9.66. The van der Waals surface area contributed by atoms with Crippen molar-refractivity contribution < 1.29 is 0 Å². The minimum atomic E-state index is -0.127. The van der Waals surface area contributed by atoms with Crippen molar-refractivity contribution in [2.24, 2.45) is 0 Å². The Kier molecular flexibility index (Phi) is 2.82. The quantitative estimate of drug-likeness (QED) is 0.834. The molecule has 2 aromatic heterocycles. The molecule has 4 nitrogen and oxygen atoms in total. The summed E-state index contributed by atoms with van der Waals surface area (Å²) in [5, 5.41) is 6.98. The van der Waals surface area contributed by atoms with Crippen molar-refractivity contribution in [2.45, 2.75) is 0 Å². The van der Waals surface area contributed by atoms with E-state index < -0.39 is 0 Å². The molecule has 0 amide bonds. The second-order valence-electron chi connectivity index (χ2n) is 2.53. The maximum Gasteiger partial charge on any atom is 0.266 e. The van der Waals surface area contributed by atoms with Crippen LogP contribution in [0.15, 0.2) is 27.9 Å². The van der Waals surface area contributed by atoms with Crippen molar-refractivity contribution >= 4 is 45.4 Å². The third-order valence-corrected chi connectivity index (χ3v) is 3.26. The van der Waals surface area contributed by atoms with Gasteiger partial charge >= 0.3 is 0 Å². The third kappa shape index (κ3) is 1.95. The lowest BCUT2D eigenvalue weighted by molar-refractivity contribution is 1.10. The van der Waals surface area contributed by atoms with Crippen LogP contribution in [0.1, 0.15) is 0 Å². The number of hydrogen-bond donors (Lipinski definition) is 2. The molecule has 2 N–H and O–H groups in total. The predicted octanol–water partition coefficient (Wildman–Crippen LogP) is 2.18. The zero-order valence-electron chi connectivity index (χ0n) is 6.95. The minimum Gasteiger partial charge on any atom is -0.338 e. The fourth-order valence-electron chi connectivity index (χ4n) is 0.942. The van der Waals surface area contributed by atoms with E-state index >= 15 is 0 Å². The highest BCUT2D eigenvalue weighted by atomic mass is 127. The summed E-state index contributed by atoms with van der Waals surface area (Å²) in [6.07, 6.45) is 1.39. The largest absolute Gasteiger partial charge is 0.338 e. The van der Waals surface area contributed by atoms with Gasteiger partial charge in [-0.2, -0.15) is 11.3 Å². The SMILES string of the molecule is O=c1[nH]cnc(Nc2ccsc2)c1I. The van der Waals surface area contributed by atoms with Crippen LogP contribution in [0.3, 0.4) is 0 Å². The maximum absolute atomic E-state index is 11.2. The molecule has 0 aromatic carbocycles. The van der Waals surface area contributed by atoms with Crippen LogP contribution >= 0.6 is 33.9 Å². The Balaban J connectivity index is 2.34. The third-order valence-electron chi connectivity index (χ3n) is 1.58. The first-order valence-corrected chi connectivity index (χ1v) is 5.82. The second-order valence-corrected chi connectivity index (χ2v) is 4.39. The summed E-state index contributed by atoms with van der Waals surface area (Å²) in [4.78, 5) is 17.8. The monoisotopic (exact) mass is 319 g/mol. The molecule has 0 saturated carbocycles. The van der Waals surface area contributed by atoms with Crippen LogP contribution in [0.5, 0.6) is 0 Å². The van der Waals surface area contributed by atoms with E-state index in [2.05, 4.69) is 15.3 Å². The van der Waals surface area contributed by atoms with Gasteiger partial charge in [-0.1, -0.05) is 0 Å². The Morgan fingerprint density at radius 3 is 3.14 bits per heavy atom. The Hall–Kier alpha value is -0.890. The van der Waals surface area contributed by atoms with Crippen LogP contribution in [0.25, 0.3) is 0 Å². The number of thiophene rings is 1. The highest BCUT2D eigenvalue weighted by molar-refractivity contribution is 14.1. The van der Waals surface area contributed by atoms with Crippen molar-refractivity contribution in [2.75, 3.05) is 5.32 Å². The Bertz CT molecular complexity index is 480. The molecule has 0 atom stereocenters. The first-order valence-electron chi connectivity index (χ1n) is 3.80. The van der Waals surface area contributed by atoms with Gasteiger partial charge < -0.3 is 10.3 Å². The molecule has 0 saturated heterocycles. The number of aromatic nitrogens is 2. The molecule has 0 aliphatic carbocycles. The van der Waals surface area contributed by atoms with Crippen molar-refractivity contribution in [1.82, 2.24) is 9.97 Å². The molecule has 0 unspecified atom stereocenters. The van der Waals surface area contributed by atoms with Gasteiger partial charge in [0.15, 0.2) is 5.82 Å². The molecule has 0 bridgehead atoms. The summed E-state index contributed by atoms with van der Waals surface area (Å²) in [7, 11) is 0. The normalized spacial score (nSPS) is 10.1. The zero-order valence-corrected chi connectivity index (χ0v) is 9.93. The van der Waals surface area contributed by atoms with E-state index in [-0.39, 0.29) is 5.56 Å². The average Bonchev–Trinajstić information content (AvgIpc) is 2.66. The highest BCUT2D eigenvalue weighted by Gasteiger charge is 2.04. The van der Waals surface area contributed by atoms with Crippen molar-refractivity contribution in [3.8, 4) is 0 Å². The lowest BCUT2D eigenvalue weighted by Gasteiger charge is -2.03. The first-order chi connectivity index (χ1) is 6.77. The lowest BCUT2D eigenvalue weighted by atomic mass is 10.5. The fraction of sp³-hybridized carbons (Fsp3) is 0. The van der Waals surface area contributed by atoms with Gasteiger partial charge in [-0.15, -0.1) is 0 Å². The number of nitrogens with zero attached hydrogens (tertiary/aromatic N) is 1. The predicted molar refractivity (Wildman–Crippen MR) is 65.2 cm³/mol. The molecule has 14 heavy (non-hydrogen) atoms. The van der Waals surface area contributed by atoms with Gasteiger partial charge in [-0.3, -0.25) is 4.79 Å². The number of anilines is 2. The summed E-state index contributed by atoms with van der Waals surface area (Å²) >= 11 is 3.55. The van der Waals surface area contributed by atoms with Gasteiger partial charge in [0.05, 0.1) is 12.0 Å². The van der Waals surface area contributed by atoms with Crippen LogP contribution < -0.4 is 10.9 Å². The highest BCUT2D eigenvalue weighted by Crippen LogP contribution is 2.19. The minimum absolute atomic E-state index is 0.127. The number of halogens is 1. The van der Waals surface area contributed by atoms with Gasteiger partial charge in [-0.05, 0) is 34.0 Å². The molecular formula is C8H6IN3OS. The molecule has 0 fully saturated rings. The van der Waals surface area contributed by atoms with Gasteiger partial charge in [0, 0.05) is 5.38 Å². The topological polar surface area (TPSA) is 57.8 Å². The van der Waals surface area contributed by atoms with E-state index in [1.807, 2.05) is 39.4 Å². The number of H-pyrrole nitrogens is 1. The smallest absolute Gasteiger partial charge is 0.266 e. The molecule has 0 spiro atoms. The zero-order chi connectivity index (χ0) is 9.97. The molecule has 2 aromatic rings. The Morgan fingerprint density at radius 2 is 2.43 bits per heavy atom. The van der Waals surface area contributed by atoms with Crippen molar-refractivity contribution in [3.63, 3.8) is 0 Å². The number of aromatic amines is 1. The Labute approximate surface area is 97.5 Å². The van der Waals surface area contributed by atoms with Crippen LogP contribution in [0.4, 0.5) is 11.5 Å². The summed E-state index contributed by atoms with van der Waals surface area (Å²) in [6, 6.07) is 1.93. The van der Waals surface area contributed by atoms with Crippen LogP contribution in [0.2, 0.25) is 0 Å². The van der Waals surface area contributed by atoms with Crippen LogP contribution in [-0.2, 0) is 0 Å². The fourth-order valence-corrected chi connectivity index (χ4v) is 1.96. The van der Waals surface area contributed by atoms with Crippen LogP contribution in [0, 0.1) is 3.57 Å². The Morgan fingerprint density at radius 1 is 1.57 bits per heavy atom. The molecule has 6 heteroatoms. The van der Waals surface area contributed by atoms with Gasteiger partial charge in [0.2, 0.25) is 0 Å². The van der Waals surface area contributed by atoms with E-state index in [1.165, 1.54) is 6.33 Å². The number of nitrogens with one attached hydrogen (secondary N) is 2. The van der Waals surface area contributed by atoms with E-state index in [0.717, 1.165) is 5.69 Å². The maximum atomic E-state index is 11.2. The summed E-state index contributed by atoms with van der Waals surface area (Å²) in [5.41, 5.74) is 0.823. The molecule has 0 aliphatic heterocycles. The van der Waals surface area contributed by atoms with E-state index in [0.29, 0.717) is 9.39 Å². The van der Waals surface area contributed by atoms with Crippen molar-refractivity contribution in [3.05, 3.63) is 37.1 Å². The molecule has 0 aliphatic rings. The van der Waals surface area contributed by atoms with Gasteiger partial charge in [0.1, 0.15) is 3.57 Å². The molecule has 2 rings (SSSR count). The average molecular weight is 319 g/mol. The van der Waals surface area contributed by atoms with Crippen molar-refractivity contribution in [1.29, 1.82) is 0 Å². The van der Waals surface area contributed by atoms with Crippen LogP contribution in [-0.4, -0.2) is 9.97 Å². The van der Waals surface area contributed by atoms with Gasteiger partial charge in [-0.25, -0.2) is 4.98 Å². The molecule has 72 valence electrons. The summed E-state index contributed by atoms with van der Waals surface area (Å²) < 4.78 is 0.566. The van der Waals surface area contributed by atoms with E-state index in [4.69, 9.17) is 0 Å². The molecule has 0 radical (unpaired) electrons. The van der Waals surface area contributed by atoms with Gasteiger partial charge in [0.25, 0.3) is 5.56 Å². The summed E-state index contributed by atoms with van der Waals surface area (Å²) in [6.45, 7) is 0. The number of hydrogen-bond acceptors (Lipinski definition) is 4. The standard InChI is InChI=1S/C8H6IN3OS/c9-6-7(10-4-11-8(6)13)12-5-1-2-14-3-5/h1-4H,(H2,10,11,12,13). The van der Waals surface area contributed by atoms with E-state index in [9.17, 15) is 4.79 Å². The second kappa shape index (κ2) is 4.09. The number of rotatable bonds is 2. The summed E-state index contributed by atoms with van der Waals surface area (Å²) in [5.74, 6) is 0.591. The lowest BCUT2D eigenvalue weighted by Crippen LogP contribution is -2.12. The molecular weight excluding hydrogens is 313 g/mol. The molecule has 2 heterocycles. The van der Waals surface area contributed by atoms with E-state index in [1.54, 1.807) is 11.3 Å².